The summed E-state index contributed by atoms with van der Waals surface area (Å²) in [5.74, 6) is 1.01. The minimum absolute atomic E-state index is 0.154. The van der Waals surface area contributed by atoms with E-state index in [1.165, 1.54) is 12.1 Å². The van der Waals surface area contributed by atoms with E-state index in [2.05, 4.69) is 17.0 Å². The number of hydrogen-bond acceptors (Lipinski definition) is 4. The second-order valence-electron chi connectivity index (χ2n) is 8.08. The Labute approximate surface area is 196 Å². The van der Waals surface area contributed by atoms with Gasteiger partial charge in [0.05, 0.1) is 5.52 Å². The molecule has 2 heterocycles. The van der Waals surface area contributed by atoms with Crippen LogP contribution in [0.25, 0.3) is 10.9 Å². The Morgan fingerprint density at radius 2 is 1.70 bits per heavy atom. The maximum Gasteiger partial charge on any atom is 0.254 e. The molecule has 0 saturated carbocycles. The van der Waals surface area contributed by atoms with Gasteiger partial charge in [-0.2, -0.15) is 0 Å². The Morgan fingerprint density at radius 1 is 0.909 bits per heavy atom. The molecule has 3 aromatic carbocycles. The number of anilines is 1. The van der Waals surface area contributed by atoms with Crippen LogP contribution in [-0.4, -0.2) is 47.0 Å². The van der Waals surface area contributed by atoms with Gasteiger partial charge in [0.2, 0.25) is 0 Å². The normalized spacial score (nSPS) is 14.0. The van der Waals surface area contributed by atoms with E-state index in [0.29, 0.717) is 43.2 Å². The molecule has 0 aliphatic carbocycles. The lowest BCUT2D eigenvalue weighted by Crippen LogP contribution is -2.49. The number of piperazine rings is 1. The van der Waals surface area contributed by atoms with Crippen molar-refractivity contribution in [2.75, 3.05) is 31.1 Å². The van der Waals surface area contributed by atoms with E-state index >= 15 is 0 Å². The average molecular weight is 461 g/mol. The fourth-order valence-corrected chi connectivity index (χ4v) is 4.32. The molecule has 0 radical (unpaired) electrons. The van der Waals surface area contributed by atoms with Crippen LogP contribution in [0.2, 0.25) is 5.02 Å². The van der Waals surface area contributed by atoms with Gasteiger partial charge in [-0.15, -0.1) is 0 Å². The number of carbonyl (C=O) groups excluding carboxylic acids is 1. The molecule has 166 valence electrons. The topological polar surface area (TPSA) is 49.3 Å². The van der Waals surface area contributed by atoms with Gasteiger partial charge in [-0.05, 0) is 42.0 Å². The van der Waals surface area contributed by atoms with Crippen LogP contribution in [0.3, 0.4) is 0 Å². The minimum Gasteiger partial charge on any atom is -0.352 e. The van der Waals surface area contributed by atoms with E-state index in [4.69, 9.17) is 21.6 Å². The molecule has 5 rings (SSSR count). The lowest BCUT2D eigenvalue weighted by Gasteiger charge is -2.36. The number of amides is 1. The van der Waals surface area contributed by atoms with Crippen LogP contribution in [0.1, 0.15) is 21.7 Å². The molecule has 1 aromatic heterocycles. The quantitative estimate of drug-likeness (QED) is 0.431. The Balaban J connectivity index is 1.40. The molecule has 0 N–H and O–H groups in total. The number of fused-ring (bicyclic) bond motifs is 1. The van der Waals surface area contributed by atoms with E-state index in [1.807, 2.05) is 36.4 Å². The van der Waals surface area contributed by atoms with Gasteiger partial charge in [0.15, 0.2) is 0 Å². The van der Waals surface area contributed by atoms with E-state index in [1.54, 1.807) is 17.0 Å². The predicted molar refractivity (Wildman–Crippen MR) is 128 cm³/mol. The third kappa shape index (κ3) is 4.66. The van der Waals surface area contributed by atoms with Crippen LogP contribution in [0.15, 0.2) is 72.8 Å². The number of hydrogen-bond donors (Lipinski definition) is 0. The van der Waals surface area contributed by atoms with Gasteiger partial charge in [0, 0.05) is 48.6 Å². The Bertz CT molecular complexity index is 1310. The molecule has 1 aliphatic heterocycles. The number of aromatic nitrogens is 2. The largest absolute Gasteiger partial charge is 0.352 e. The van der Waals surface area contributed by atoms with E-state index in [0.717, 1.165) is 28.1 Å². The molecule has 0 unspecified atom stereocenters. The first-order valence-electron chi connectivity index (χ1n) is 10.9. The summed E-state index contributed by atoms with van der Waals surface area (Å²) in [5, 5.41) is 1.56. The maximum atomic E-state index is 13.5. The van der Waals surface area contributed by atoms with Crippen LogP contribution >= 0.6 is 11.6 Å². The third-order valence-corrected chi connectivity index (χ3v) is 6.06. The zero-order chi connectivity index (χ0) is 22.8. The fourth-order valence-electron chi connectivity index (χ4n) is 4.16. The summed E-state index contributed by atoms with van der Waals surface area (Å²) in [4.78, 5) is 26.4. The predicted octanol–water partition coefficient (Wildman–Crippen LogP) is 4.98. The van der Waals surface area contributed by atoms with Gasteiger partial charge in [-0.1, -0.05) is 48.0 Å². The molecular weight excluding hydrogens is 439 g/mol. The second-order valence-corrected chi connectivity index (χ2v) is 8.51. The van der Waals surface area contributed by atoms with Crippen LogP contribution in [0.5, 0.6) is 0 Å². The van der Waals surface area contributed by atoms with Crippen molar-refractivity contribution in [2.45, 2.75) is 6.42 Å². The van der Waals surface area contributed by atoms with E-state index in [-0.39, 0.29) is 5.91 Å². The number of benzene rings is 3. The summed E-state index contributed by atoms with van der Waals surface area (Å²) in [6, 6.07) is 21.6. The van der Waals surface area contributed by atoms with Crippen molar-refractivity contribution < 1.29 is 9.18 Å². The van der Waals surface area contributed by atoms with Crippen molar-refractivity contribution in [2.24, 2.45) is 0 Å². The van der Waals surface area contributed by atoms with Crippen LogP contribution < -0.4 is 4.90 Å². The molecule has 0 atom stereocenters. The highest BCUT2D eigenvalue weighted by atomic mass is 35.5. The smallest absolute Gasteiger partial charge is 0.254 e. The van der Waals surface area contributed by atoms with Crippen molar-refractivity contribution in [1.82, 2.24) is 14.9 Å². The number of carbonyl (C=O) groups is 1. The highest BCUT2D eigenvalue weighted by Crippen LogP contribution is 2.28. The Hall–Kier alpha value is -3.51. The van der Waals surface area contributed by atoms with Crippen molar-refractivity contribution in [1.29, 1.82) is 0 Å². The summed E-state index contributed by atoms with van der Waals surface area (Å²) < 4.78 is 13.5. The first-order valence-corrected chi connectivity index (χ1v) is 11.2. The van der Waals surface area contributed by atoms with E-state index < -0.39 is 5.82 Å². The Kier molecular flexibility index (Phi) is 5.92. The van der Waals surface area contributed by atoms with Gasteiger partial charge in [-0.25, -0.2) is 14.4 Å². The molecular formula is C26H22ClFN4O. The number of nitrogens with zero attached hydrogens (tertiary/aromatic N) is 4. The van der Waals surface area contributed by atoms with Crippen molar-refractivity contribution >= 4 is 34.2 Å². The first kappa shape index (κ1) is 21.3. The van der Waals surface area contributed by atoms with Gasteiger partial charge in [0.1, 0.15) is 17.5 Å². The first-order chi connectivity index (χ1) is 16.1. The monoisotopic (exact) mass is 460 g/mol. The molecule has 0 bridgehead atoms. The van der Waals surface area contributed by atoms with Crippen molar-refractivity contribution in [3.63, 3.8) is 0 Å². The Morgan fingerprint density at radius 3 is 2.45 bits per heavy atom. The molecule has 33 heavy (non-hydrogen) atoms. The minimum atomic E-state index is -0.406. The average Bonchev–Trinajstić information content (AvgIpc) is 2.83. The highest BCUT2D eigenvalue weighted by Gasteiger charge is 2.25. The van der Waals surface area contributed by atoms with Crippen molar-refractivity contribution in [3.05, 3.63) is 101 Å². The van der Waals surface area contributed by atoms with Gasteiger partial charge in [-0.3, -0.25) is 4.79 Å². The summed E-state index contributed by atoms with van der Waals surface area (Å²) >= 11 is 6.25. The molecule has 4 aromatic rings. The molecule has 1 amide bonds. The molecule has 1 saturated heterocycles. The zero-order valence-electron chi connectivity index (χ0n) is 17.9. The summed E-state index contributed by atoms with van der Waals surface area (Å²) in [5.41, 5.74) is 2.31. The van der Waals surface area contributed by atoms with Crippen LogP contribution in [-0.2, 0) is 6.42 Å². The summed E-state index contributed by atoms with van der Waals surface area (Å²) in [6.07, 6.45) is 0.619. The molecule has 5 nitrogen and oxygen atoms in total. The lowest BCUT2D eigenvalue weighted by atomic mass is 10.1. The van der Waals surface area contributed by atoms with Gasteiger partial charge < -0.3 is 9.80 Å². The lowest BCUT2D eigenvalue weighted by molar-refractivity contribution is 0.0746. The van der Waals surface area contributed by atoms with E-state index in [9.17, 15) is 9.18 Å². The maximum absolute atomic E-state index is 13.5. The molecule has 1 aliphatic rings. The summed E-state index contributed by atoms with van der Waals surface area (Å²) in [6.45, 7) is 2.31. The number of rotatable bonds is 4. The molecule has 7 heteroatoms. The SMILES string of the molecule is O=C(c1cccc(F)c1)N1CCN(c2nc(Cc3ccccc3)nc3cc(Cl)ccc23)CC1. The fraction of sp³-hybridized carbons (Fsp3) is 0.192. The van der Waals surface area contributed by atoms with Crippen LogP contribution in [0, 0.1) is 5.82 Å². The number of halogens is 2. The molecule has 0 spiro atoms. The van der Waals surface area contributed by atoms with Crippen molar-refractivity contribution in [3.8, 4) is 0 Å². The van der Waals surface area contributed by atoms with Gasteiger partial charge >= 0.3 is 0 Å². The van der Waals surface area contributed by atoms with Gasteiger partial charge in [0.25, 0.3) is 5.91 Å². The van der Waals surface area contributed by atoms with Crippen LogP contribution in [0.4, 0.5) is 10.2 Å². The second kappa shape index (κ2) is 9.16. The summed E-state index contributed by atoms with van der Waals surface area (Å²) in [7, 11) is 0. The third-order valence-electron chi connectivity index (χ3n) is 5.83. The highest BCUT2D eigenvalue weighted by molar-refractivity contribution is 6.31. The zero-order valence-corrected chi connectivity index (χ0v) is 18.7. The molecule has 1 fully saturated rings. The standard InChI is InChI=1S/C26H22ClFN4O/c27-20-9-10-22-23(17-20)29-24(15-18-5-2-1-3-6-18)30-25(22)31-11-13-32(14-12-31)26(33)19-7-4-8-21(28)16-19/h1-10,16-17H,11-15H2.